The number of carbonyl (C=O) groups excluding carboxylic acids is 1. The molecule has 1 aliphatic carbocycles. The van der Waals surface area contributed by atoms with Crippen LogP contribution in [0, 0.1) is 0 Å². The molecule has 0 N–H and O–H groups in total. The molecule has 1 nitrogen and oxygen atoms in total. The van der Waals surface area contributed by atoms with Crippen molar-refractivity contribution in [2.45, 2.75) is 11.2 Å². The van der Waals surface area contributed by atoms with Gasteiger partial charge in [-0.2, -0.15) is 0 Å². The monoisotopic (exact) mass is 350 g/mol. The Morgan fingerprint density at radius 2 is 1.30 bits per heavy atom. The summed E-state index contributed by atoms with van der Waals surface area (Å²) in [5.74, 6) is -0.0919. The summed E-state index contributed by atoms with van der Waals surface area (Å²) in [5, 5.41) is 7.30. The second-order valence-corrected chi connectivity index (χ2v) is 9.13. The van der Waals surface area contributed by atoms with Crippen LogP contribution in [0.3, 0.4) is 0 Å². The van der Waals surface area contributed by atoms with E-state index in [-0.39, 0.29) is 11.2 Å². The Hall–Kier alpha value is -1.62. The third kappa shape index (κ3) is 1.56. The molecule has 0 fully saturated rings. The van der Waals surface area contributed by atoms with Crippen LogP contribution in [0.1, 0.15) is 33.4 Å². The molecule has 0 saturated carbocycles. The number of hydrogen-bond acceptors (Lipinski definition) is 4. The SMILES string of the molecule is O=C1SC2c3cc4sccc4cc3C1c1cc3sccc3cc12. The van der Waals surface area contributed by atoms with Crippen molar-refractivity contribution in [2.24, 2.45) is 0 Å². The molecular formula is C19H10OS3. The van der Waals surface area contributed by atoms with Gasteiger partial charge in [-0.15, -0.1) is 22.7 Å². The van der Waals surface area contributed by atoms with Gasteiger partial charge < -0.3 is 0 Å². The predicted molar refractivity (Wildman–Crippen MR) is 99.9 cm³/mol. The third-order valence-corrected chi connectivity index (χ3v) is 7.94. The maximum atomic E-state index is 12.7. The Bertz CT molecular complexity index is 1050. The highest BCUT2D eigenvalue weighted by Crippen LogP contribution is 2.57. The predicted octanol–water partition coefficient (Wildman–Crippen LogP) is 5.92. The van der Waals surface area contributed by atoms with Crippen molar-refractivity contribution >= 4 is 59.7 Å². The molecule has 0 spiro atoms. The Balaban J connectivity index is 1.73. The first-order chi connectivity index (χ1) is 11.3. The number of thiophene rings is 2. The molecule has 2 aromatic heterocycles. The van der Waals surface area contributed by atoms with Crippen LogP contribution in [0.2, 0.25) is 0 Å². The maximum Gasteiger partial charge on any atom is 0.201 e. The lowest BCUT2D eigenvalue weighted by Gasteiger charge is -2.38. The van der Waals surface area contributed by atoms with E-state index >= 15 is 0 Å². The Morgan fingerprint density at radius 1 is 0.739 bits per heavy atom. The Labute approximate surface area is 145 Å². The van der Waals surface area contributed by atoms with Crippen LogP contribution in [0.5, 0.6) is 0 Å². The fourth-order valence-corrected chi connectivity index (χ4v) is 6.86. The van der Waals surface area contributed by atoms with Crippen molar-refractivity contribution in [3.63, 3.8) is 0 Å². The maximum absolute atomic E-state index is 12.7. The number of benzene rings is 2. The van der Waals surface area contributed by atoms with Crippen molar-refractivity contribution in [2.75, 3.05) is 0 Å². The van der Waals surface area contributed by atoms with Crippen molar-refractivity contribution in [1.29, 1.82) is 0 Å². The third-order valence-electron chi connectivity index (χ3n) is 4.97. The van der Waals surface area contributed by atoms with Crippen LogP contribution >= 0.6 is 34.4 Å². The van der Waals surface area contributed by atoms with E-state index in [1.54, 1.807) is 22.7 Å². The van der Waals surface area contributed by atoms with E-state index in [4.69, 9.17) is 0 Å². The zero-order valence-corrected chi connectivity index (χ0v) is 14.4. The van der Waals surface area contributed by atoms with Crippen molar-refractivity contribution in [1.82, 2.24) is 0 Å². The average molecular weight is 350 g/mol. The van der Waals surface area contributed by atoms with E-state index in [1.165, 1.54) is 54.2 Å². The molecule has 110 valence electrons. The molecule has 2 bridgehead atoms. The highest BCUT2D eigenvalue weighted by atomic mass is 32.2. The minimum Gasteiger partial charge on any atom is -0.286 e. The van der Waals surface area contributed by atoms with Gasteiger partial charge in [0.1, 0.15) is 0 Å². The summed E-state index contributed by atoms with van der Waals surface area (Å²) in [6, 6.07) is 13.5. The normalized spacial score (nSPS) is 21.8. The van der Waals surface area contributed by atoms with Crippen molar-refractivity contribution < 1.29 is 4.79 Å². The second kappa shape index (κ2) is 4.26. The first-order valence-electron chi connectivity index (χ1n) is 7.52. The van der Waals surface area contributed by atoms with Crippen LogP contribution in [0.25, 0.3) is 20.2 Å². The summed E-state index contributed by atoms with van der Waals surface area (Å²) >= 11 is 5.05. The number of fused-ring (bicyclic) bond motifs is 3. The van der Waals surface area contributed by atoms with Crippen LogP contribution < -0.4 is 0 Å². The molecule has 0 saturated heterocycles. The second-order valence-electron chi connectivity index (χ2n) is 6.13. The molecule has 3 aliphatic rings. The molecular weight excluding hydrogens is 340 g/mol. The highest BCUT2D eigenvalue weighted by molar-refractivity contribution is 8.14. The van der Waals surface area contributed by atoms with Gasteiger partial charge in [0.2, 0.25) is 5.12 Å². The Kier molecular flexibility index (Phi) is 2.36. The lowest BCUT2D eigenvalue weighted by molar-refractivity contribution is -0.111. The topological polar surface area (TPSA) is 17.1 Å². The molecule has 4 aromatic rings. The average Bonchev–Trinajstić information content (AvgIpc) is 3.19. The molecule has 4 heterocycles. The van der Waals surface area contributed by atoms with Crippen molar-refractivity contribution in [3.8, 4) is 0 Å². The molecule has 0 amide bonds. The van der Waals surface area contributed by atoms with E-state index in [2.05, 4.69) is 47.2 Å². The van der Waals surface area contributed by atoms with Crippen LogP contribution in [-0.4, -0.2) is 5.12 Å². The fourth-order valence-electron chi connectivity index (χ4n) is 3.94. The number of carbonyl (C=O) groups is 1. The van der Waals surface area contributed by atoms with Crippen LogP contribution in [0.4, 0.5) is 0 Å². The molecule has 4 heteroatoms. The number of rotatable bonds is 0. The van der Waals surface area contributed by atoms with Gasteiger partial charge in [0.25, 0.3) is 0 Å². The van der Waals surface area contributed by atoms with Gasteiger partial charge >= 0.3 is 0 Å². The lowest BCUT2D eigenvalue weighted by Crippen LogP contribution is -2.28. The van der Waals surface area contributed by atoms with E-state index < -0.39 is 0 Å². The van der Waals surface area contributed by atoms with Gasteiger partial charge in [0.05, 0.1) is 11.2 Å². The molecule has 2 aromatic carbocycles. The molecule has 23 heavy (non-hydrogen) atoms. The molecule has 2 aliphatic heterocycles. The van der Waals surface area contributed by atoms with Gasteiger partial charge in [-0.1, -0.05) is 11.8 Å². The van der Waals surface area contributed by atoms with Gasteiger partial charge in [-0.25, -0.2) is 0 Å². The van der Waals surface area contributed by atoms with Gasteiger partial charge in [-0.05, 0) is 80.2 Å². The lowest BCUT2D eigenvalue weighted by atomic mass is 9.77. The summed E-state index contributed by atoms with van der Waals surface area (Å²) in [7, 11) is 0. The van der Waals surface area contributed by atoms with E-state index in [0.717, 1.165) is 0 Å². The first kappa shape index (κ1) is 12.8. The fraction of sp³-hybridized carbons (Fsp3) is 0.105. The molecule has 0 radical (unpaired) electrons. The largest absolute Gasteiger partial charge is 0.286 e. The first-order valence-corrected chi connectivity index (χ1v) is 10.2. The standard InChI is InChI=1S/C19H10OS3/c20-19-17-11-5-9-1-3-22-16(9)8-14(11)18(23-19)13-6-10-2-4-21-15(10)7-12(13)17/h1-8,17-18H. The molecule has 7 rings (SSSR count). The summed E-state index contributed by atoms with van der Waals surface area (Å²) in [6.45, 7) is 0. The van der Waals surface area contributed by atoms with E-state index in [1.807, 2.05) is 0 Å². The van der Waals surface area contributed by atoms with Crippen LogP contribution in [-0.2, 0) is 4.79 Å². The molecule has 2 unspecified atom stereocenters. The number of hydrogen-bond donors (Lipinski definition) is 0. The Morgan fingerprint density at radius 3 is 2.04 bits per heavy atom. The van der Waals surface area contributed by atoms with E-state index in [0.29, 0.717) is 5.12 Å². The summed E-state index contributed by atoms with van der Waals surface area (Å²) in [5.41, 5.74) is 5.15. The summed E-state index contributed by atoms with van der Waals surface area (Å²) in [6.07, 6.45) is 0. The van der Waals surface area contributed by atoms with Gasteiger partial charge in [0.15, 0.2) is 0 Å². The number of thioether (sulfide) groups is 1. The zero-order valence-electron chi connectivity index (χ0n) is 11.9. The van der Waals surface area contributed by atoms with Crippen LogP contribution in [0.15, 0.2) is 47.2 Å². The summed E-state index contributed by atoms with van der Waals surface area (Å²) < 4.78 is 2.61. The van der Waals surface area contributed by atoms with Crippen molar-refractivity contribution in [3.05, 3.63) is 69.4 Å². The minimum absolute atomic E-state index is 0.0919. The van der Waals surface area contributed by atoms with Gasteiger partial charge in [-0.3, -0.25) is 4.79 Å². The minimum atomic E-state index is -0.0919. The smallest absolute Gasteiger partial charge is 0.201 e. The molecule has 2 atom stereocenters. The zero-order chi connectivity index (χ0) is 15.1. The van der Waals surface area contributed by atoms with E-state index in [9.17, 15) is 4.79 Å². The summed E-state index contributed by atoms with van der Waals surface area (Å²) in [4.78, 5) is 12.7. The highest BCUT2D eigenvalue weighted by Gasteiger charge is 2.43. The van der Waals surface area contributed by atoms with Gasteiger partial charge in [0, 0.05) is 9.40 Å². The quantitative estimate of drug-likeness (QED) is 0.391.